The summed E-state index contributed by atoms with van der Waals surface area (Å²) in [5.41, 5.74) is 0.732. The van der Waals surface area contributed by atoms with Crippen LogP contribution in [0.5, 0.6) is 0 Å². The van der Waals surface area contributed by atoms with E-state index in [4.69, 9.17) is 28.2 Å². The minimum absolute atomic E-state index is 0.0454. The van der Waals surface area contributed by atoms with Gasteiger partial charge in [0.1, 0.15) is 17.1 Å². The maximum Gasteiger partial charge on any atom is 0.270 e. The van der Waals surface area contributed by atoms with E-state index in [1.54, 1.807) is 42.5 Å². The summed E-state index contributed by atoms with van der Waals surface area (Å²) in [6, 6.07) is 16.4. The topological polar surface area (TPSA) is 93.9 Å². The van der Waals surface area contributed by atoms with E-state index in [9.17, 15) is 19.5 Å². The number of amides is 2. The molecule has 0 atom stereocenters. The van der Waals surface area contributed by atoms with Gasteiger partial charge in [0.2, 0.25) is 0 Å². The number of rotatable bonds is 6. The molecule has 0 saturated carbocycles. The summed E-state index contributed by atoms with van der Waals surface area (Å²) in [5, 5.41) is 11.4. The maximum atomic E-state index is 13.3. The fourth-order valence-corrected chi connectivity index (χ4v) is 4.12. The molecule has 7 nitrogen and oxygen atoms in total. The first-order valence-corrected chi connectivity index (χ1v) is 11.2. The number of carbonyl (C=O) groups excluding carboxylic acids is 3. The Hall–Kier alpha value is -3.75. The molecule has 0 radical (unpaired) electrons. The monoisotopic (exact) mass is 493 g/mol. The second-order valence-electron chi connectivity index (χ2n) is 7.46. The Bertz CT molecular complexity index is 1330. The van der Waals surface area contributed by atoms with Crippen molar-refractivity contribution in [1.29, 1.82) is 0 Å². The van der Waals surface area contributed by atoms with Gasteiger partial charge in [0, 0.05) is 22.7 Å². The molecule has 0 spiro atoms. The van der Waals surface area contributed by atoms with E-state index >= 15 is 0 Å². The number of benzene rings is 2. The van der Waals surface area contributed by atoms with Crippen molar-refractivity contribution in [2.45, 2.75) is 13.3 Å². The molecule has 1 aliphatic heterocycles. The Labute approximate surface area is 205 Å². The van der Waals surface area contributed by atoms with Crippen LogP contribution in [-0.4, -0.2) is 34.3 Å². The van der Waals surface area contributed by atoms with Gasteiger partial charge in [0.05, 0.1) is 11.7 Å². The average molecular weight is 494 g/mol. The first-order valence-electron chi connectivity index (χ1n) is 10.4. The third-order valence-electron chi connectivity index (χ3n) is 5.18. The number of furan rings is 1. The molecule has 1 aliphatic rings. The molecule has 4 rings (SSSR count). The van der Waals surface area contributed by atoms with Gasteiger partial charge in [-0.25, -0.2) is 0 Å². The standard InChI is InChI=1S/C25H19ClN2O5S/c1-2-12-27-22(29)19(23(30)28(25(27)34)16-6-4-3-5-7-16)14-17-9-11-21(33-17)15-8-10-20(26)18(13-15)24(31)32/h3-11,13-14H,2,12H2,1H3,(H,31,32)/p-1/b19-14+. The molecule has 34 heavy (non-hydrogen) atoms. The highest BCUT2D eigenvalue weighted by molar-refractivity contribution is 7.80. The first kappa shape index (κ1) is 23.4. The van der Waals surface area contributed by atoms with Crippen LogP contribution in [0.25, 0.3) is 17.4 Å². The molecule has 0 N–H and O–H groups in total. The zero-order valence-electron chi connectivity index (χ0n) is 18.0. The summed E-state index contributed by atoms with van der Waals surface area (Å²) in [6.07, 6.45) is 2.02. The number of nitrogens with zero attached hydrogens (tertiary/aromatic N) is 2. The van der Waals surface area contributed by atoms with Crippen LogP contribution >= 0.6 is 23.8 Å². The lowest BCUT2D eigenvalue weighted by Crippen LogP contribution is -2.56. The lowest BCUT2D eigenvalue weighted by atomic mass is 10.1. The number of thiocarbonyl (C=S) groups is 1. The molecule has 0 aliphatic carbocycles. The molecule has 172 valence electrons. The largest absolute Gasteiger partial charge is 0.545 e. The summed E-state index contributed by atoms with van der Waals surface area (Å²) in [6.45, 7) is 2.26. The number of carbonyl (C=O) groups is 3. The van der Waals surface area contributed by atoms with Crippen molar-refractivity contribution < 1.29 is 23.9 Å². The van der Waals surface area contributed by atoms with Gasteiger partial charge in [-0.3, -0.25) is 19.4 Å². The number of anilines is 1. The van der Waals surface area contributed by atoms with Crippen LogP contribution in [0.1, 0.15) is 29.5 Å². The van der Waals surface area contributed by atoms with Gasteiger partial charge in [0.15, 0.2) is 5.11 Å². The van der Waals surface area contributed by atoms with Gasteiger partial charge >= 0.3 is 0 Å². The smallest absolute Gasteiger partial charge is 0.270 e. The lowest BCUT2D eigenvalue weighted by Gasteiger charge is -2.36. The second-order valence-corrected chi connectivity index (χ2v) is 8.23. The van der Waals surface area contributed by atoms with Gasteiger partial charge in [-0.1, -0.05) is 36.7 Å². The van der Waals surface area contributed by atoms with Gasteiger partial charge in [-0.15, -0.1) is 0 Å². The zero-order valence-corrected chi connectivity index (χ0v) is 19.6. The van der Waals surface area contributed by atoms with Crippen molar-refractivity contribution >= 4 is 58.5 Å². The minimum Gasteiger partial charge on any atom is -0.545 e. The number of hydrogen-bond acceptors (Lipinski definition) is 6. The number of halogens is 1. The van der Waals surface area contributed by atoms with Gasteiger partial charge in [0.25, 0.3) is 11.8 Å². The molecular weight excluding hydrogens is 476 g/mol. The van der Waals surface area contributed by atoms with Gasteiger partial charge < -0.3 is 14.3 Å². The van der Waals surface area contributed by atoms with E-state index in [2.05, 4.69) is 0 Å². The molecule has 1 fully saturated rings. The van der Waals surface area contributed by atoms with Crippen LogP contribution in [0, 0.1) is 0 Å². The van der Waals surface area contributed by atoms with E-state index < -0.39 is 17.8 Å². The molecule has 2 amide bonds. The van der Waals surface area contributed by atoms with Gasteiger partial charge in [-0.2, -0.15) is 0 Å². The number of hydrogen-bond donors (Lipinski definition) is 0. The molecule has 2 heterocycles. The first-order chi connectivity index (χ1) is 16.3. The number of carboxylic acid groups (broad SMARTS) is 1. The number of aromatic carboxylic acids is 1. The van der Waals surface area contributed by atoms with Crippen molar-refractivity contribution in [3.63, 3.8) is 0 Å². The van der Waals surface area contributed by atoms with E-state index in [1.165, 1.54) is 28.0 Å². The Morgan fingerprint density at radius 1 is 1.09 bits per heavy atom. The Morgan fingerprint density at radius 3 is 2.50 bits per heavy atom. The quantitative estimate of drug-likeness (QED) is 0.293. The molecule has 0 bridgehead atoms. The second kappa shape index (κ2) is 9.62. The van der Waals surface area contributed by atoms with Crippen molar-refractivity contribution in [2.24, 2.45) is 0 Å². The molecule has 9 heteroatoms. The van der Waals surface area contributed by atoms with E-state index in [0.717, 1.165) is 0 Å². The van der Waals surface area contributed by atoms with E-state index in [1.807, 2.05) is 13.0 Å². The van der Waals surface area contributed by atoms with Gasteiger partial charge in [-0.05, 0) is 67.2 Å². The summed E-state index contributed by atoms with van der Waals surface area (Å²) < 4.78 is 5.80. The zero-order chi connectivity index (χ0) is 24.4. The third kappa shape index (κ3) is 4.37. The fraction of sp³-hybridized carbons (Fsp3) is 0.120. The fourth-order valence-electron chi connectivity index (χ4n) is 3.56. The normalized spacial score (nSPS) is 15.4. The van der Waals surface area contributed by atoms with Crippen LogP contribution in [-0.2, 0) is 9.59 Å². The summed E-state index contributed by atoms with van der Waals surface area (Å²) >= 11 is 11.4. The summed E-state index contributed by atoms with van der Waals surface area (Å²) in [4.78, 5) is 40.5. The predicted molar refractivity (Wildman–Crippen MR) is 130 cm³/mol. The molecular formula is C25H18ClN2O5S-. The average Bonchev–Trinajstić information content (AvgIpc) is 3.29. The molecule has 1 saturated heterocycles. The number of para-hydroxylation sites is 1. The van der Waals surface area contributed by atoms with Crippen molar-refractivity contribution in [1.82, 2.24) is 4.90 Å². The van der Waals surface area contributed by atoms with E-state index in [-0.39, 0.29) is 27.0 Å². The maximum absolute atomic E-state index is 13.3. The van der Waals surface area contributed by atoms with Crippen LogP contribution in [0.15, 0.2) is 70.7 Å². The highest BCUT2D eigenvalue weighted by Gasteiger charge is 2.40. The Morgan fingerprint density at radius 2 is 1.82 bits per heavy atom. The van der Waals surface area contributed by atoms with Crippen molar-refractivity contribution in [2.75, 3.05) is 11.4 Å². The molecule has 2 aromatic carbocycles. The Balaban J connectivity index is 1.73. The van der Waals surface area contributed by atoms with Crippen LogP contribution in [0.3, 0.4) is 0 Å². The molecule has 1 aromatic heterocycles. The van der Waals surface area contributed by atoms with Crippen molar-refractivity contribution in [3.05, 3.63) is 82.6 Å². The minimum atomic E-state index is -1.41. The van der Waals surface area contributed by atoms with E-state index in [0.29, 0.717) is 30.0 Å². The van der Waals surface area contributed by atoms with Crippen molar-refractivity contribution in [3.8, 4) is 11.3 Å². The predicted octanol–water partition coefficient (Wildman–Crippen LogP) is 3.92. The molecule has 3 aromatic rings. The van der Waals surface area contributed by atoms with Crippen LogP contribution < -0.4 is 10.0 Å². The summed E-state index contributed by atoms with van der Waals surface area (Å²) in [7, 11) is 0. The lowest BCUT2D eigenvalue weighted by molar-refractivity contribution is -0.255. The third-order valence-corrected chi connectivity index (χ3v) is 5.91. The molecule has 0 unspecified atom stereocenters. The number of carboxylic acids is 1. The summed E-state index contributed by atoms with van der Waals surface area (Å²) in [5.74, 6) is -1.89. The highest BCUT2D eigenvalue weighted by Crippen LogP contribution is 2.30. The van der Waals surface area contributed by atoms with Crippen LogP contribution in [0.4, 0.5) is 5.69 Å². The SMILES string of the molecule is CCCN1C(=O)/C(=C\c2ccc(-c3ccc(Cl)c(C(=O)[O-])c3)o2)C(=O)N(c2ccccc2)C1=S. The highest BCUT2D eigenvalue weighted by atomic mass is 35.5. The van der Waals surface area contributed by atoms with Crippen LogP contribution in [0.2, 0.25) is 5.02 Å². The Kier molecular flexibility index (Phi) is 6.63.